The average Bonchev–Trinajstić information content (AvgIpc) is 3.34. The van der Waals surface area contributed by atoms with Gasteiger partial charge in [-0.05, 0) is 88.0 Å². The van der Waals surface area contributed by atoms with Crippen LogP contribution in [-0.2, 0) is 19.9 Å². The molecule has 2 N–H and O–H groups in total. The summed E-state index contributed by atoms with van der Waals surface area (Å²) in [4.78, 5) is 38.7. The summed E-state index contributed by atoms with van der Waals surface area (Å²) in [5.41, 5.74) is 0.0125. The first kappa shape index (κ1) is 23.7. The maximum Gasteiger partial charge on any atom is 0.340 e. The molecule has 0 aromatic heterocycles. The molecule has 0 saturated carbocycles. The molecule has 0 saturated heterocycles. The number of hydrogen-bond acceptors (Lipinski definition) is 7. The third kappa shape index (κ3) is 2.98. The molecular weight excluding hydrogens is 734 g/mol. The minimum Gasteiger partial charge on any atom is -0.505 e. The lowest BCUT2D eigenvalue weighted by molar-refractivity contribution is -0.120. The highest BCUT2D eigenvalue weighted by atomic mass is 79.9. The van der Waals surface area contributed by atoms with Gasteiger partial charge in [-0.25, -0.2) is 9.69 Å². The standard InChI is InChI=1S/C24H9Br4NO7/c25-13-6-11-21(17(27)19(13)32)35-22-12(7-14(26)20(33)18(22)28)24(11)10-2-1-8(5-9(10)23(34)36-24)29-15(30)3-4-16(29)31/h1-7,32-33H. The maximum atomic E-state index is 13.3. The Morgan fingerprint density at radius 3 is 1.81 bits per heavy atom. The van der Waals surface area contributed by atoms with Gasteiger partial charge in [-0.1, -0.05) is 6.07 Å². The van der Waals surface area contributed by atoms with Crippen molar-refractivity contribution in [3.05, 3.63) is 82.6 Å². The molecule has 2 amide bonds. The molecule has 0 unspecified atom stereocenters. The van der Waals surface area contributed by atoms with E-state index in [0.29, 0.717) is 25.6 Å². The Hall–Kier alpha value is -2.67. The van der Waals surface area contributed by atoms with E-state index in [1.165, 1.54) is 6.07 Å². The fraction of sp³-hybridized carbons (Fsp3) is 0.0417. The molecule has 0 fully saturated rings. The summed E-state index contributed by atoms with van der Waals surface area (Å²) < 4.78 is 13.3. The number of imide groups is 1. The average molecular weight is 743 g/mol. The highest BCUT2D eigenvalue weighted by Crippen LogP contribution is 2.62. The smallest absolute Gasteiger partial charge is 0.340 e. The van der Waals surface area contributed by atoms with E-state index in [1.54, 1.807) is 24.3 Å². The number of hydrogen-bond donors (Lipinski definition) is 2. The van der Waals surface area contributed by atoms with Crippen molar-refractivity contribution in [3.63, 3.8) is 0 Å². The van der Waals surface area contributed by atoms with Crippen LogP contribution in [0.2, 0.25) is 0 Å². The number of rotatable bonds is 1. The third-order valence-electron chi connectivity index (χ3n) is 6.18. The van der Waals surface area contributed by atoms with Crippen molar-refractivity contribution >= 4 is 87.2 Å². The Morgan fingerprint density at radius 1 is 0.750 bits per heavy atom. The number of nitrogens with zero attached hydrogens (tertiary/aromatic N) is 1. The molecule has 0 aliphatic carbocycles. The SMILES string of the molecule is O=C1OC2(c3ccc(N4C(=O)C=CC4=O)cc31)c1cc(Br)c(O)c(Br)c1Oc1c2cc(Br)c(O)c1Br. The van der Waals surface area contributed by atoms with Crippen LogP contribution in [0.4, 0.5) is 5.69 Å². The number of fused-ring (bicyclic) bond motifs is 6. The molecule has 6 rings (SSSR count). The lowest BCUT2D eigenvalue weighted by Gasteiger charge is -2.38. The first-order valence-corrected chi connectivity index (χ1v) is 13.3. The maximum absolute atomic E-state index is 13.3. The lowest BCUT2D eigenvalue weighted by atomic mass is 9.77. The number of phenols is 2. The van der Waals surface area contributed by atoms with Crippen molar-refractivity contribution in [1.29, 1.82) is 0 Å². The number of carbonyl (C=O) groups excluding carboxylic acids is 3. The van der Waals surface area contributed by atoms with Crippen LogP contribution in [0.25, 0.3) is 0 Å². The van der Waals surface area contributed by atoms with Gasteiger partial charge < -0.3 is 19.7 Å². The van der Waals surface area contributed by atoms with Crippen LogP contribution in [0.3, 0.4) is 0 Å². The molecule has 3 heterocycles. The lowest BCUT2D eigenvalue weighted by Crippen LogP contribution is -2.33. The van der Waals surface area contributed by atoms with Gasteiger partial charge in [0.1, 0.15) is 20.4 Å². The third-order valence-corrected chi connectivity index (χ3v) is 8.86. The quantitative estimate of drug-likeness (QED) is 0.228. The van der Waals surface area contributed by atoms with E-state index in [9.17, 15) is 24.6 Å². The van der Waals surface area contributed by atoms with Gasteiger partial charge in [-0.3, -0.25) is 9.59 Å². The molecule has 36 heavy (non-hydrogen) atoms. The van der Waals surface area contributed by atoms with E-state index >= 15 is 0 Å². The highest BCUT2D eigenvalue weighted by Gasteiger charge is 2.55. The van der Waals surface area contributed by atoms with E-state index in [0.717, 1.165) is 17.1 Å². The van der Waals surface area contributed by atoms with Crippen molar-refractivity contribution in [2.45, 2.75) is 5.60 Å². The molecule has 0 radical (unpaired) electrons. The molecule has 8 nitrogen and oxygen atoms in total. The molecule has 3 aromatic rings. The van der Waals surface area contributed by atoms with Crippen molar-refractivity contribution in [2.24, 2.45) is 0 Å². The van der Waals surface area contributed by atoms with E-state index in [-0.39, 0.29) is 43.2 Å². The number of esters is 1. The monoisotopic (exact) mass is 739 g/mol. The predicted molar refractivity (Wildman–Crippen MR) is 140 cm³/mol. The minimum atomic E-state index is -1.55. The second kappa shape index (κ2) is 7.91. The van der Waals surface area contributed by atoms with Gasteiger partial charge in [0.05, 0.1) is 31.3 Å². The fourth-order valence-electron chi connectivity index (χ4n) is 4.60. The van der Waals surface area contributed by atoms with Crippen LogP contribution in [-0.4, -0.2) is 28.0 Å². The molecular formula is C24H9Br4NO7. The zero-order chi connectivity index (χ0) is 25.7. The summed E-state index contributed by atoms with van der Waals surface area (Å²) >= 11 is 13.4. The van der Waals surface area contributed by atoms with Crippen LogP contribution in [0.15, 0.2) is 60.4 Å². The van der Waals surface area contributed by atoms with Gasteiger partial charge in [-0.15, -0.1) is 0 Å². The molecule has 12 heteroatoms. The molecule has 3 aliphatic rings. The van der Waals surface area contributed by atoms with Crippen molar-refractivity contribution < 1.29 is 34.1 Å². The molecule has 0 atom stereocenters. The van der Waals surface area contributed by atoms with Gasteiger partial charge in [-0.2, -0.15) is 0 Å². The number of phenolic OH excluding ortho intramolecular Hbond substituents is 2. The molecule has 180 valence electrons. The molecule has 1 spiro atoms. The Bertz CT molecular complexity index is 1550. The summed E-state index contributed by atoms with van der Waals surface area (Å²) in [7, 11) is 0. The Balaban J connectivity index is 1.68. The van der Waals surface area contributed by atoms with Crippen molar-refractivity contribution in [2.75, 3.05) is 4.90 Å². The summed E-state index contributed by atoms with van der Waals surface area (Å²) in [5, 5.41) is 21.1. The number of anilines is 1. The zero-order valence-electron chi connectivity index (χ0n) is 17.4. The molecule has 3 aromatic carbocycles. The van der Waals surface area contributed by atoms with Crippen LogP contribution in [0.5, 0.6) is 23.0 Å². The van der Waals surface area contributed by atoms with Gasteiger partial charge in [0.25, 0.3) is 11.8 Å². The van der Waals surface area contributed by atoms with Crippen LogP contribution < -0.4 is 9.64 Å². The van der Waals surface area contributed by atoms with E-state index in [1.807, 2.05) is 0 Å². The largest absolute Gasteiger partial charge is 0.505 e. The van der Waals surface area contributed by atoms with Crippen molar-refractivity contribution in [3.8, 4) is 23.0 Å². The fourth-order valence-corrected chi connectivity index (χ4v) is 7.01. The first-order valence-electron chi connectivity index (χ1n) is 10.1. The van der Waals surface area contributed by atoms with Gasteiger partial charge in [0.2, 0.25) is 0 Å². The molecule has 3 aliphatic heterocycles. The Morgan fingerprint density at radius 2 is 1.28 bits per heavy atom. The Labute approximate surface area is 236 Å². The topological polar surface area (TPSA) is 113 Å². The van der Waals surface area contributed by atoms with Crippen molar-refractivity contribution in [1.82, 2.24) is 0 Å². The second-order valence-electron chi connectivity index (χ2n) is 8.04. The van der Waals surface area contributed by atoms with Crippen LogP contribution in [0.1, 0.15) is 27.0 Å². The number of ether oxygens (including phenoxy) is 2. The predicted octanol–water partition coefficient (Wildman–Crippen LogP) is 6.15. The summed E-state index contributed by atoms with van der Waals surface area (Å²) in [6.45, 7) is 0. The Kier molecular flexibility index (Phi) is 5.21. The van der Waals surface area contributed by atoms with Crippen LogP contribution in [0, 0.1) is 0 Å². The normalized spacial score (nSPS) is 16.7. The van der Waals surface area contributed by atoms with Gasteiger partial charge in [0, 0.05) is 17.7 Å². The number of benzene rings is 3. The zero-order valence-corrected chi connectivity index (χ0v) is 23.8. The van der Waals surface area contributed by atoms with E-state index < -0.39 is 23.4 Å². The first-order chi connectivity index (χ1) is 17.1. The summed E-state index contributed by atoms with van der Waals surface area (Å²) in [6, 6.07) is 7.76. The summed E-state index contributed by atoms with van der Waals surface area (Å²) in [5.74, 6) is -1.66. The van der Waals surface area contributed by atoms with E-state index in [2.05, 4.69) is 63.7 Å². The second-order valence-corrected chi connectivity index (χ2v) is 11.3. The van der Waals surface area contributed by atoms with Gasteiger partial charge >= 0.3 is 5.97 Å². The minimum absolute atomic E-state index is 0.136. The summed E-state index contributed by atoms with van der Waals surface area (Å²) in [6.07, 6.45) is 2.31. The number of aromatic hydroxyl groups is 2. The van der Waals surface area contributed by atoms with E-state index in [4.69, 9.17) is 9.47 Å². The van der Waals surface area contributed by atoms with Gasteiger partial charge in [0.15, 0.2) is 17.1 Å². The highest BCUT2D eigenvalue weighted by molar-refractivity contribution is 9.11. The number of halogens is 4. The number of carbonyl (C=O) groups is 3. The van der Waals surface area contributed by atoms with Crippen LogP contribution >= 0.6 is 63.7 Å². The molecule has 0 bridgehead atoms. The number of amides is 2.